The van der Waals surface area contributed by atoms with Crippen LogP contribution in [0.5, 0.6) is 5.75 Å². The summed E-state index contributed by atoms with van der Waals surface area (Å²) in [6, 6.07) is 8.63. The number of aryl methyl sites for hydroxylation is 1. The molecule has 0 fully saturated rings. The number of rotatable bonds is 2. The van der Waals surface area contributed by atoms with Crippen molar-refractivity contribution < 1.29 is 14.0 Å². The van der Waals surface area contributed by atoms with Gasteiger partial charge in [0.1, 0.15) is 5.75 Å². The lowest BCUT2D eigenvalue weighted by Gasteiger charge is -1.99. The number of hydrogen-bond acceptors (Lipinski definition) is 5. The van der Waals surface area contributed by atoms with Crippen molar-refractivity contribution in [1.29, 1.82) is 0 Å². The third-order valence-electron chi connectivity index (χ3n) is 2.61. The highest BCUT2D eigenvalue weighted by molar-refractivity contribution is 5.59. The Morgan fingerprint density at radius 2 is 2.11 bits per heavy atom. The molecule has 18 heavy (non-hydrogen) atoms. The van der Waals surface area contributed by atoms with Gasteiger partial charge in [0.25, 0.3) is 5.89 Å². The monoisotopic (exact) mass is 242 g/mol. The number of nitrogens with zero attached hydrogens (tertiary/aromatic N) is 2. The fourth-order valence-electron chi connectivity index (χ4n) is 1.64. The van der Waals surface area contributed by atoms with E-state index in [1.54, 1.807) is 36.6 Å². The summed E-state index contributed by atoms with van der Waals surface area (Å²) in [6.07, 6.45) is 1.55. The maximum atomic E-state index is 9.46. The quantitative estimate of drug-likeness (QED) is 0.747. The lowest BCUT2D eigenvalue weighted by atomic mass is 10.1. The van der Waals surface area contributed by atoms with Crippen LogP contribution in [-0.4, -0.2) is 15.2 Å². The summed E-state index contributed by atoms with van der Waals surface area (Å²) in [5, 5.41) is 13.3. The van der Waals surface area contributed by atoms with E-state index < -0.39 is 0 Å². The molecule has 0 bridgehead atoms. The first-order valence-corrected chi connectivity index (χ1v) is 5.41. The molecule has 0 saturated carbocycles. The minimum absolute atomic E-state index is 0.240. The largest absolute Gasteiger partial charge is 0.508 e. The summed E-state index contributed by atoms with van der Waals surface area (Å²) in [7, 11) is 0. The van der Waals surface area contributed by atoms with Crippen LogP contribution in [0.4, 0.5) is 0 Å². The number of furan rings is 1. The Labute approximate surface area is 103 Å². The van der Waals surface area contributed by atoms with E-state index in [4.69, 9.17) is 8.94 Å². The Hall–Kier alpha value is -2.56. The molecular weight excluding hydrogens is 232 g/mol. The van der Waals surface area contributed by atoms with Crippen LogP contribution in [0.3, 0.4) is 0 Å². The fourth-order valence-corrected chi connectivity index (χ4v) is 1.64. The van der Waals surface area contributed by atoms with Crippen molar-refractivity contribution in [3.05, 3.63) is 42.2 Å². The second-order valence-corrected chi connectivity index (χ2v) is 3.90. The van der Waals surface area contributed by atoms with Crippen LogP contribution in [0.15, 0.2) is 45.5 Å². The molecule has 3 aromatic rings. The maximum absolute atomic E-state index is 9.46. The molecule has 1 N–H and O–H groups in total. The van der Waals surface area contributed by atoms with Gasteiger partial charge in [-0.15, -0.1) is 0 Å². The predicted molar refractivity (Wildman–Crippen MR) is 63.8 cm³/mol. The van der Waals surface area contributed by atoms with Gasteiger partial charge < -0.3 is 14.0 Å². The van der Waals surface area contributed by atoms with Gasteiger partial charge in [-0.25, -0.2) is 0 Å². The SMILES string of the molecule is Cc1cc(-c2nc(-c3ccco3)no2)ccc1O. The highest BCUT2D eigenvalue weighted by Crippen LogP contribution is 2.26. The molecule has 0 aliphatic heterocycles. The zero-order valence-corrected chi connectivity index (χ0v) is 9.62. The average Bonchev–Trinajstić information content (AvgIpc) is 3.01. The molecule has 5 nitrogen and oxygen atoms in total. The van der Waals surface area contributed by atoms with Gasteiger partial charge in [-0.05, 0) is 42.8 Å². The first-order valence-electron chi connectivity index (χ1n) is 5.41. The molecule has 0 amide bonds. The molecule has 0 atom stereocenters. The molecule has 1 aromatic carbocycles. The number of hydrogen-bond donors (Lipinski definition) is 1. The topological polar surface area (TPSA) is 72.3 Å². The van der Waals surface area contributed by atoms with Gasteiger partial charge in [0.2, 0.25) is 5.82 Å². The van der Waals surface area contributed by atoms with E-state index >= 15 is 0 Å². The zero-order chi connectivity index (χ0) is 12.5. The van der Waals surface area contributed by atoms with Crippen molar-refractivity contribution in [2.45, 2.75) is 6.92 Å². The van der Waals surface area contributed by atoms with E-state index in [0.29, 0.717) is 17.5 Å². The maximum Gasteiger partial charge on any atom is 0.258 e. The second kappa shape index (κ2) is 4.03. The van der Waals surface area contributed by atoms with Crippen LogP contribution in [0.1, 0.15) is 5.56 Å². The standard InChI is InChI=1S/C13H10N2O3/c1-8-7-9(4-5-10(8)16)13-14-12(15-18-13)11-3-2-6-17-11/h2-7,16H,1H3. The number of aromatic nitrogens is 2. The number of benzene rings is 1. The van der Waals surface area contributed by atoms with E-state index in [0.717, 1.165) is 11.1 Å². The molecule has 0 spiro atoms. The van der Waals surface area contributed by atoms with E-state index in [-0.39, 0.29) is 5.75 Å². The first-order chi connectivity index (χ1) is 8.74. The minimum atomic E-state index is 0.240. The van der Waals surface area contributed by atoms with Gasteiger partial charge in [-0.1, -0.05) is 5.16 Å². The Balaban J connectivity index is 2.00. The summed E-state index contributed by atoms with van der Waals surface area (Å²) in [5.41, 5.74) is 1.51. The minimum Gasteiger partial charge on any atom is -0.508 e. The van der Waals surface area contributed by atoms with Crippen molar-refractivity contribution in [3.63, 3.8) is 0 Å². The van der Waals surface area contributed by atoms with Crippen molar-refractivity contribution in [3.8, 4) is 28.8 Å². The lowest BCUT2D eigenvalue weighted by Crippen LogP contribution is -1.81. The van der Waals surface area contributed by atoms with E-state index in [9.17, 15) is 5.11 Å². The van der Waals surface area contributed by atoms with Gasteiger partial charge in [0.15, 0.2) is 5.76 Å². The van der Waals surface area contributed by atoms with Crippen molar-refractivity contribution in [2.24, 2.45) is 0 Å². The molecule has 0 aliphatic carbocycles. The molecule has 90 valence electrons. The summed E-state index contributed by atoms with van der Waals surface area (Å²) < 4.78 is 10.4. The fraction of sp³-hybridized carbons (Fsp3) is 0.0769. The van der Waals surface area contributed by atoms with E-state index in [1.807, 2.05) is 6.92 Å². The average molecular weight is 242 g/mol. The van der Waals surface area contributed by atoms with E-state index in [1.165, 1.54) is 0 Å². The Morgan fingerprint density at radius 3 is 2.83 bits per heavy atom. The normalized spacial score (nSPS) is 10.7. The Bertz CT molecular complexity index is 671. The zero-order valence-electron chi connectivity index (χ0n) is 9.62. The van der Waals surface area contributed by atoms with Crippen LogP contribution in [0.25, 0.3) is 23.0 Å². The number of aromatic hydroxyl groups is 1. The smallest absolute Gasteiger partial charge is 0.258 e. The van der Waals surface area contributed by atoms with Crippen LogP contribution in [0, 0.1) is 6.92 Å². The van der Waals surface area contributed by atoms with Crippen LogP contribution >= 0.6 is 0 Å². The number of phenolic OH excluding ortho intramolecular Hbond substituents is 1. The summed E-state index contributed by atoms with van der Waals surface area (Å²) in [6.45, 7) is 1.81. The van der Waals surface area contributed by atoms with Crippen molar-refractivity contribution >= 4 is 0 Å². The highest BCUT2D eigenvalue weighted by atomic mass is 16.5. The molecule has 2 heterocycles. The molecule has 2 aromatic heterocycles. The summed E-state index contributed by atoms with van der Waals surface area (Å²) in [4.78, 5) is 4.24. The van der Waals surface area contributed by atoms with Crippen molar-refractivity contribution in [2.75, 3.05) is 0 Å². The summed E-state index contributed by atoms with van der Waals surface area (Å²) >= 11 is 0. The van der Waals surface area contributed by atoms with Gasteiger partial charge in [0, 0.05) is 5.56 Å². The molecule has 0 aliphatic rings. The van der Waals surface area contributed by atoms with Gasteiger partial charge in [0.05, 0.1) is 6.26 Å². The Morgan fingerprint density at radius 1 is 1.22 bits per heavy atom. The third-order valence-corrected chi connectivity index (χ3v) is 2.61. The highest BCUT2D eigenvalue weighted by Gasteiger charge is 2.12. The molecule has 3 rings (SSSR count). The van der Waals surface area contributed by atoms with Gasteiger partial charge in [-0.3, -0.25) is 0 Å². The molecule has 0 unspecified atom stereocenters. The van der Waals surface area contributed by atoms with Crippen LogP contribution in [-0.2, 0) is 0 Å². The Kier molecular flexibility index (Phi) is 2.37. The van der Waals surface area contributed by atoms with Crippen molar-refractivity contribution in [1.82, 2.24) is 10.1 Å². The second-order valence-electron chi connectivity index (χ2n) is 3.90. The molecule has 0 saturated heterocycles. The van der Waals surface area contributed by atoms with Gasteiger partial charge in [-0.2, -0.15) is 4.98 Å². The van der Waals surface area contributed by atoms with Crippen LogP contribution in [0.2, 0.25) is 0 Å². The van der Waals surface area contributed by atoms with E-state index in [2.05, 4.69) is 10.1 Å². The number of phenols is 1. The first kappa shape index (κ1) is 10.6. The molecule has 0 radical (unpaired) electrons. The predicted octanol–water partition coefficient (Wildman–Crippen LogP) is 3.01. The van der Waals surface area contributed by atoms with Crippen LogP contribution < -0.4 is 0 Å². The molecule has 5 heteroatoms. The lowest BCUT2D eigenvalue weighted by molar-refractivity contribution is 0.429. The van der Waals surface area contributed by atoms with Gasteiger partial charge >= 0.3 is 0 Å². The third kappa shape index (κ3) is 1.75. The summed E-state index contributed by atoms with van der Waals surface area (Å²) in [5.74, 6) is 1.59. The molecular formula is C13H10N2O3.